The molecular formula is C9H18Br2Si2. The lowest BCUT2D eigenvalue weighted by Crippen LogP contribution is -2.22. The number of halogens is 2. The van der Waals surface area contributed by atoms with Gasteiger partial charge in [-0.15, -0.1) is 5.73 Å². The lowest BCUT2D eigenvalue weighted by molar-refractivity contribution is 1.73. The molecule has 0 aromatic carbocycles. The van der Waals surface area contributed by atoms with Crippen molar-refractivity contribution in [2.45, 2.75) is 39.3 Å². The van der Waals surface area contributed by atoms with Crippen LogP contribution < -0.4 is 0 Å². The van der Waals surface area contributed by atoms with Gasteiger partial charge in [0.15, 0.2) is 0 Å². The summed E-state index contributed by atoms with van der Waals surface area (Å²) in [5, 5.41) is 0. The lowest BCUT2D eigenvalue weighted by atomic mass is 11.0. The summed E-state index contributed by atoms with van der Waals surface area (Å²) in [4.78, 5) is 0. The summed E-state index contributed by atoms with van der Waals surface area (Å²) in [6.07, 6.45) is 0. The number of hydrogen-bond acceptors (Lipinski definition) is 0. The highest BCUT2D eigenvalue weighted by molar-refractivity contribution is 9.13. The Hall–Kier alpha value is 0.914. The van der Waals surface area contributed by atoms with E-state index in [0.29, 0.717) is 0 Å². The molecule has 0 aromatic heterocycles. The van der Waals surface area contributed by atoms with E-state index in [1.807, 2.05) is 0 Å². The van der Waals surface area contributed by atoms with Gasteiger partial charge in [-0.05, 0) is 0 Å². The third-order valence-electron chi connectivity index (χ3n) is 1.54. The highest BCUT2D eigenvalue weighted by atomic mass is 79.9. The zero-order valence-electron chi connectivity index (χ0n) is 9.26. The van der Waals surface area contributed by atoms with Crippen molar-refractivity contribution in [1.82, 2.24) is 0 Å². The second kappa shape index (κ2) is 4.62. The van der Waals surface area contributed by atoms with E-state index in [9.17, 15) is 0 Å². The number of hydrogen-bond donors (Lipinski definition) is 0. The van der Waals surface area contributed by atoms with Gasteiger partial charge in [0.1, 0.15) is 0 Å². The molecule has 76 valence electrons. The molecule has 13 heavy (non-hydrogen) atoms. The molecule has 0 N–H and O–H groups in total. The summed E-state index contributed by atoms with van der Waals surface area (Å²) < 4.78 is 2.55. The van der Waals surface area contributed by atoms with Gasteiger partial charge in [0.25, 0.3) is 0 Å². The molecule has 0 atom stereocenters. The standard InChI is InChI=1S/C9H18Br2Si2/c1-12(2,3)8(10)7-9(11)13(4,5)6/h1-6H3. The van der Waals surface area contributed by atoms with Gasteiger partial charge in [0.2, 0.25) is 0 Å². The highest BCUT2D eigenvalue weighted by Gasteiger charge is 2.20. The van der Waals surface area contributed by atoms with Crippen molar-refractivity contribution in [3.63, 3.8) is 0 Å². The van der Waals surface area contributed by atoms with Crippen molar-refractivity contribution in [2.24, 2.45) is 0 Å². The predicted octanol–water partition coefficient (Wildman–Crippen LogP) is 4.90. The van der Waals surface area contributed by atoms with E-state index in [4.69, 9.17) is 0 Å². The molecule has 0 unspecified atom stereocenters. The first-order valence-corrected chi connectivity index (χ1v) is 13.0. The normalized spacial score (nSPS) is 12.3. The van der Waals surface area contributed by atoms with Gasteiger partial charge in [-0.3, -0.25) is 0 Å². The quantitative estimate of drug-likeness (QED) is 0.495. The largest absolute Gasteiger partial charge is 0.108 e. The SMILES string of the molecule is C[Si](C)(C)C(Br)=C=C(Br)[Si](C)(C)C. The Labute approximate surface area is 101 Å². The summed E-state index contributed by atoms with van der Waals surface area (Å²) in [6.45, 7) is 13.9. The fraction of sp³-hybridized carbons (Fsp3) is 0.667. The Morgan fingerprint density at radius 3 is 1.15 bits per heavy atom. The number of rotatable bonds is 2. The van der Waals surface area contributed by atoms with E-state index in [1.165, 1.54) is 8.21 Å². The fourth-order valence-electron chi connectivity index (χ4n) is 0.471. The molecule has 0 radical (unpaired) electrons. The molecule has 0 saturated carbocycles. The molecule has 0 bridgehead atoms. The van der Waals surface area contributed by atoms with Crippen LogP contribution in [-0.2, 0) is 0 Å². The first-order valence-electron chi connectivity index (χ1n) is 4.38. The van der Waals surface area contributed by atoms with Gasteiger partial charge in [0, 0.05) is 8.21 Å². The van der Waals surface area contributed by atoms with Crippen LogP contribution >= 0.6 is 31.9 Å². The monoisotopic (exact) mass is 340 g/mol. The second-order valence-electron chi connectivity index (χ2n) is 5.25. The molecular weight excluding hydrogens is 324 g/mol. The second-order valence-corrected chi connectivity index (χ2v) is 18.3. The van der Waals surface area contributed by atoms with Gasteiger partial charge in [0.05, 0.1) is 16.1 Å². The smallest absolute Gasteiger partial charge is 0.0966 e. The predicted molar refractivity (Wildman–Crippen MR) is 75.1 cm³/mol. The third kappa shape index (κ3) is 5.38. The highest BCUT2D eigenvalue weighted by Crippen LogP contribution is 2.25. The molecule has 0 spiro atoms. The first-order chi connectivity index (χ1) is 5.55. The Morgan fingerprint density at radius 2 is 1.00 bits per heavy atom. The first kappa shape index (κ1) is 13.9. The van der Waals surface area contributed by atoms with Crippen LogP contribution in [0.25, 0.3) is 0 Å². The van der Waals surface area contributed by atoms with Crippen molar-refractivity contribution in [3.8, 4) is 0 Å². The van der Waals surface area contributed by atoms with Crippen LogP contribution in [0.1, 0.15) is 0 Å². The molecule has 0 aromatic rings. The fourth-order valence-corrected chi connectivity index (χ4v) is 2.62. The molecule has 0 rings (SSSR count). The Balaban J connectivity index is 5.13. The molecule has 0 nitrogen and oxygen atoms in total. The van der Waals surface area contributed by atoms with Crippen LogP contribution in [0.3, 0.4) is 0 Å². The van der Waals surface area contributed by atoms with Crippen LogP contribution in [0.15, 0.2) is 13.9 Å². The molecule has 0 saturated heterocycles. The van der Waals surface area contributed by atoms with Crippen molar-refractivity contribution in [1.29, 1.82) is 0 Å². The summed E-state index contributed by atoms with van der Waals surface area (Å²) in [5.74, 6) is 0. The zero-order chi connectivity index (χ0) is 10.9. The summed E-state index contributed by atoms with van der Waals surface area (Å²) in [7, 11) is -2.42. The van der Waals surface area contributed by atoms with E-state index < -0.39 is 16.1 Å². The van der Waals surface area contributed by atoms with Crippen LogP contribution in [0.2, 0.25) is 39.3 Å². The van der Waals surface area contributed by atoms with E-state index in [-0.39, 0.29) is 0 Å². The minimum atomic E-state index is -1.21. The van der Waals surface area contributed by atoms with Crippen molar-refractivity contribution in [2.75, 3.05) is 0 Å². The Morgan fingerprint density at radius 1 is 0.769 bits per heavy atom. The molecule has 0 aliphatic rings. The van der Waals surface area contributed by atoms with Crippen molar-refractivity contribution in [3.05, 3.63) is 13.9 Å². The molecule has 0 amide bonds. The molecule has 0 aliphatic carbocycles. The van der Waals surface area contributed by atoms with Crippen LogP contribution in [0.4, 0.5) is 0 Å². The third-order valence-corrected chi connectivity index (χ3v) is 12.0. The van der Waals surface area contributed by atoms with Gasteiger partial charge in [-0.2, -0.15) is 0 Å². The lowest BCUT2D eigenvalue weighted by Gasteiger charge is -2.16. The molecule has 0 heterocycles. The molecule has 0 aliphatic heterocycles. The van der Waals surface area contributed by atoms with Crippen LogP contribution in [-0.4, -0.2) is 16.1 Å². The van der Waals surface area contributed by atoms with Crippen molar-refractivity contribution < 1.29 is 0 Å². The summed E-state index contributed by atoms with van der Waals surface area (Å²) in [5.41, 5.74) is 3.45. The van der Waals surface area contributed by atoms with E-state index in [1.54, 1.807) is 0 Å². The molecule has 0 fully saturated rings. The van der Waals surface area contributed by atoms with E-state index in [2.05, 4.69) is 76.9 Å². The van der Waals surface area contributed by atoms with Crippen LogP contribution in [0.5, 0.6) is 0 Å². The summed E-state index contributed by atoms with van der Waals surface area (Å²) in [6, 6.07) is 0. The van der Waals surface area contributed by atoms with E-state index >= 15 is 0 Å². The van der Waals surface area contributed by atoms with Gasteiger partial charge < -0.3 is 0 Å². The topological polar surface area (TPSA) is 0 Å². The van der Waals surface area contributed by atoms with Gasteiger partial charge in [-0.25, -0.2) is 0 Å². The minimum absolute atomic E-state index is 1.21. The maximum absolute atomic E-state index is 3.63. The van der Waals surface area contributed by atoms with E-state index in [0.717, 1.165) is 0 Å². The summed E-state index contributed by atoms with van der Waals surface area (Å²) >= 11 is 7.26. The maximum Gasteiger partial charge on any atom is 0.0966 e. The Kier molecular flexibility index (Phi) is 4.95. The average molecular weight is 342 g/mol. The maximum atomic E-state index is 3.63. The Bertz CT molecular complexity index is 226. The van der Waals surface area contributed by atoms with Crippen molar-refractivity contribution >= 4 is 48.0 Å². The van der Waals surface area contributed by atoms with Gasteiger partial charge >= 0.3 is 0 Å². The van der Waals surface area contributed by atoms with Gasteiger partial charge in [-0.1, -0.05) is 71.1 Å². The minimum Gasteiger partial charge on any atom is -0.108 e. The average Bonchev–Trinajstić information content (AvgIpc) is 1.82. The van der Waals surface area contributed by atoms with Crippen LogP contribution in [0, 0.1) is 0 Å². The molecule has 4 heteroatoms. The zero-order valence-corrected chi connectivity index (χ0v) is 14.4.